The number of rotatable bonds is 1. The number of hydrogen-bond acceptors (Lipinski definition) is 5. The Bertz CT molecular complexity index is 739. The Morgan fingerprint density at radius 1 is 1.06 bits per heavy atom. The second-order valence-corrected chi connectivity index (χ2v) is 3.85. The monoisotopic (exact) mass is 240 g/mol. The van der Waals surface area contributed by atoms with Crippen molar-refractivity contribution in [3.63, 3.8) is 0 Å². The van der Waals surface area contributed by atoms with Gasteiger partial charge in [0.2, 0.25) is 5.78 Å². The standard InChI is InChI=1S/C12H8N4O2/c13-11-9(18)5-4-8(17)10(11)6-2-1-3-7-12(6)15-16-14-7/h1-5H,13H2,(H,14,15,16). The van der Waals surface area contributed by atoms with E-state index >= 15 is 0 Å². The van der Waals surface area contributed by atoms with Crippen LogP contribution in [-0.2, 0) is 9.59 Å². The third-order valence-electron chi connectivity index (χ3n) is 2.78. The van der Waals surface area contributed by atoms with Crippen LogP contribution < -0.4 is 5.73 Å². The number of carbonyl (C=O) groups excluding carboxylic acids is 2. The van der Waals surface area contributed by atoms with Gasteiger partial charge in [-0.3, -0.25) is 9.59 Å². The zero-order valence-electron chi connectivity index (χ0n) is 9.18. The van der Waals surface area contributed by atoms with Gasteiger partial charge in [-0.05, 0) is 18.2 Å². The highest BCUT2D eigenvalue weighted by Gasteiger charge is 2.24. The second-order valence-electron chi connectivity index (χ2n) is 3.85. The van der Waals surface area contributed by atoms with Crippen molar-refractivity contribution in [1.82, 2.24) is 15.4 Å². The molecule has 1 aromatic carbocycles. The molecule has 1 aromatic heterocycles. The van der Waals surface area contributed by atoms with Crippen molar-refractivity contribution in [1.29, 1.82) is 0 Å². The molecular weight excluding hydrogens is 232 g/mol. The molecule has 0 saturated heterocycles. The van der Waals surface area contributed by atoms with Crippen LogP contribution in [0.4, 0.5) is 0 Å². The molecule has 0 bridgehead atoms. The lowest BCUT2D eigenvalue weighted by Gasteiger charge is -2.11. The summed E-state index contributed by atoms with van der Waals surface area (Å²) in [5, 5.41) is 10.4. The van der Waals surface area contributed by atoms with E-state index in [4.69, 9.17) is 5.73 Å². The highest BCUT2D eigenvalue weighted by Crippen LogP contribution is 2.26. The normalized spacial score (nSPS) is 15.8. The number of para-hydroxylation sites is 1. The van der Waals surface area contributed by atoms with Crippen LogP contribution in [0.25, 0.3) is 16.6 Å². The molecule has 0 spiro atoms. The number of benzene rings is 1. The Kier molecular flexibility index (Phi) is 2.09. The van der Waals surface area contributed by atoms with Gasteiger partial charge in [0.25, 0.3) is 0 Å². The van der Waals surface area contributed by atoms with Gasteiger partial charge >= 0.3 is 0 Å². The maximum Gasteiger partial charge on any atom is 0.202 e. The molecule has 6 nitrogen and oxygen atoms in total. The number of H-pyrrole nitrogens is 1. The van der Waals surface area contributed by atoms with Crippen LogP contribution in [0, 0.1) is 0 Å². The van der Waals surface area contributed by atoms with Crippen molar-refractivity contribution < 1.29 is 9.59 Å². The molecule has 1 heterocycles. The smallest absolute Gasteiger partial charge is 0.202 e. The summed E-state index contributed by atoms with van der Waals surface area (Å²) in [4.78, 5) is 23.4. The summed E-state index contributed by atoms with van der Waals surface area (Å²) < 4.78 is 0. The molecule has 0 amide bonds. The van der Waals surface area contributed by atoms with Gasteiger partial charge in [0.1, 0.15) is 11.0 Å². The van der Waals surface area contributed by atoms with Crippen molar-refractivity contribution >= 4 is 28.2 Å². The molecule has 0 fully saturated rings. The van der Waals surface area contributed by atoms with E-state index in [-0.39, 0.29) is 22.8 Å². The molecule has 1 aliphatic rings. The Balaban J connectivity index is 2.32. The number of fused-ring (bicyclic) bond motifs is 1. The molecule has 3 N–H and O–H groups in total. The first kappa shape index (κ1) is 10.4. The third-order valence-corrected chi connectivity index (χ3v) is 2.78. The number of nitrogens with zero attached hydrogens (tertiary/aromatic N) is 2. The predicted octanol–water partition coefficient (Wildman–Crippen LogP) is 0.336. The lowest BCUT2D eigenvalue weighted by Crippen LogP contribution is -2.19. The van der Waals surface area contributed by atoms with Crippen molar-refractivity contribution in [2.45, 2.75) is 0 Å². The first-order valence-electron chi connectivity index (χ1n) is 5.25. The summed E-state index contributed by atoms with van der Waals surface area (Å²) in [6.45, 7) is 0. The van der Waals surface area contributed by atoms with E-state index in [1.165, 1.54) is 12.2 Å². The molecule has 0 aliphatic heterocycles. The Hall–Kier alpha value is -2.76. The largest absolute Gasteiger partial charge is 0.395 e. The van der Waals surface area contributed by atoms with E-state index in [1.54, 1.807) is 18.2 Å². The molecule has 2 aromatic rings. The molecular formula is C12H8N4O2. The molecule has 1 aliphatic carbocycles. The fourth-order valence-electron chi connectivity index (χ4n) is 1.93. The number of hydrogen-bond donors (Lipinski definition) is 2. The van der Waals surface area contributed by atoms with E-state index in [9.17, 15) is 9.59 Å². The topological polar surface area (TPSA) is 102 Å². The number of ketones is 2. The lowest BCUT2D eigenvalue weighted by molar-refractivity contribution is -0.114. The van der Waals surface area contributed by atoms with Crippen molar-refractivity contribution in [3.8, 4) is 0 Å². The minimum absolute atomic E-state index is 0.0574. The molecule has 0 unspecified atom stereocenters. The second kappa shape index (κ2) is 3.63. The third kappa shape index (κ3) is 1.36. The van der Waals surface area contributed by atoms with Crippen LogP contribution in [0.3, 0.4) is 0 Å². The average molecular weight is 240 g/mol. The van der Waals surface area contributed by atoms with Crippen molar-refractivity contribution in [2.75, 3.05) is 0 Å². The van der Waals surface area contributed by atoms with Crippen LogP contribution in [-0.4, -0.2) is 27.0 Å². The minimum Gasteiger partial charge on any atom is -0.395 e. The van der Waals surface area contributed by atoms with E-state index in [0.717, 1.165) is 0 Å². The number of carbonyl (C=O) groups is 2. The predicted molar refractivity (Wildman–Crippen MR) is 64.2 cm³/mol. The quantitative estimate of drug-likeness (QED) is 0.699. The number of nitrogens with two attached hydrogens (primary N) is 1. The highest BCUT2D eigenvalue weighted by atomic mass is 16.1. The molecule has 0 radical (unpaired) electrons. The number of nitrogens with one attached hydrogen (secondary N) is 1. The molecule has 18 heavy (non-hydrogen) atoms. The summed E-state index contributed by atoms with van der Waals surface area (Å²) in [7, 11) is 0. The van der Waals surface area contributed by atoms with Crippen LogP contribution in [0.15, 0.2) is 36.0 Å². The molecule has 3 rings (SSSR count). The van der Waals surface area contributed by atoms with Crippen LogP contribution >= 0.6 is 0 Å². The lowest BCUT2D eigenvalue weighted by atomic mass is 9.93. The summed E-state index contributed by atoms with van der Waals surface area (Å²) in [5.74, 6) is -0.673. The van der Waals surface area contributed by atoms with Gasteiger partial charge in [0.05, 0.1) is 11.3 Å². The zero-order valence-corrected chi connectivity index (χ0v) is 9.18. The van der Waals surface area contributed by atoms with Crippen LogP contribution in [0.2, 0.25) is 0 Å². The van der Waals surface area contributed by atoms with Gasteiger partial charge in [0, 0.05) is 5.56 Å². The van der Waals surface area contributed by atoms with E-state index in [1.807, 2.05) is 0 Å². The van der Waals surface area contributed by atoms with Gasteiger partial charge in [-0.2, -0.15) is 15.4 Å². The summed E-state index contributed by atoms with van der Waals surface area (Å²) in [6, 6.07) is 5.18. The highest BCUT2D eigenvalue weighted by molar-refractivity contribution is 6.36. The summed E-state index contributed by atoms with van der Waals surface area (Å²) in [6.07, 6.45) is 2.39. The van der Waals surface area contributed by atoms with Crippen molar-refractivity contribution in [3.05, 3.63) is 41.6 Å². The van der Waals surface area contributed by atoms with Crippen LogP contribution in [0.5, 0.6) is 0 Å². The summed E-state index contributed by atoms with van der Waals surface area (Å²) >= 11 is 0. The first-order valence-corrected chi connectivity index (χ1v) is 5.25. The first-order chi connectivity index (χ1) is 8.68. The molecule has 6 heteroatoms. The Morgan fingerprint density at radius 2 is 1.83 bits per heavy atom. The molecule has 0 atom stereocenters. The van der Waals surface area contributed by atoms with Gasteiger partial charge in [-0.25, -0.2) is 0 Å². The molecule has 88 valence electrons. The maximum atomic E-state index is 11.9. The van der Waals surface area contributed by atoms with Gasteiger partial charge in [-0.1, -0.05) is 12.1 Å². The number of aromatic amines is 1. The maximum absolute atomic E-state index is 11.9. The summed E-state index contributed by atoms with van der Waals surface area (Å²) in [5.41, 5.74) is 7.48. The Labute approximate surface area is 101 Å². The van der Waals surface area contributed by atoms with E-state index in [2.05, 4.69) is 15.4 Å². The van der Waals surface area contributed by atoms with E-state index < -0.39 is 0 Å². The zero-order chi connectivity index (χ0) is 12.7. The SMILES string of the molecule is NC1=C(c2cccc3n[nH]nc23)C(=O)C=CC1=O. The Morgan fingerprint density at radius 3 is 2.67 bits per heavy atom. The van der Waals surface area contributed by atoms with Gasteiger partial charge in [-0.15, -0.1) is 0 Å². The van der Waals surface area contributed by atoms with Crippen molar-refractivity contribution in [2.24, 2.45) is 5.73 Å². The fourth-order valence-corrected chi connectivity index (χ4v) is 1.93. The van der Waals surface area contributed by atoms with Gasteiger partial charge < -0.3 is 5.73 Å². The van der Waals surface area contributed by atoms with Gasteiger partial charge in [0.15, 0.2) is 5.78 Å². The van der Waals surface area contributed by atoms with E-state index in [0.29, 0.717) is 16.6 Å². The van der Waals surface area contributed by atoms with Crippen LogP contribution in [0.1, 0.15) is 5.56 Å². The number of allylic oxidation sites excluding steroid dienone is 3. The fraction of sp³-hybridized carbons (Fsp3) is 0. The molecule has 0 saturated carbocycles. The average Bonchev–Trinajstić information content (AvgIpc) is 2.83. The number of aromatic nitrogens is 3. The minimum atomic E-state index is -0.370.